The quantitative estimate of drug-likeness (QED) is 0.130. The van der Waals surface area contributed by atoms with E-state index in [1.165, 1.54) is 99.8 Å². The molecular formula is C64H49BN3O2P. The molecule has 0 radical (unpaired) electrons. The van der Waals surface area contributed by atoms with Crippen LogP contribution in [0.4, 0.5) is 39.8 Å². The molecule has 0 saturated carbocycles. The first-order valence-corrected chi connectivity index (χ1v) is 26.7. The summed E-state index contributed by atoms with van der Waals surface area (Å²) in [5, 5.41) is 6.23. The fourth-order valence-electron chi connectivity index (χ4n) is 14.7. The van der Waals surface area contributed by atoms with Crippen molar-refractivity contribution in [3.05, 3.63) is 222 Å². The Balaban J connectivity index is 1.13. The second kappa shape index (κ2) is 14.1. The van der Waals surface area contributed by atoms with Gasteiger partial charge in [0.15, 0.2) is 0 Å². The summed E-state index contributed by atoms with van der Waals surface area (Å²) < 4.78 is 14.6. The van der Waals surface area contributed by atoms with E-state index in [1.807, 2.05) is 0 Å². The molecule has 5 nitrogen and oxygen atoms in total. The first-order chi connectivity index (χ1) is 34.8. The zero-order valence-electron chi connectivity index (χ0n) is 40.1. The lowest BCUT2D eigenvalue weighted by Crippen LogP contribution is -2.72. The summed E-state index contributed by atoms with van der Waals surface area (Å²) >= 11 is 0. The molecule has 8 aromatic carbocycles. The van der Waals surface area contributed by atoms with Gasteiger partial charge in [-0.25, -0.2) is 0 Å². The van der Waals surface area contributed by atoms with Crippen molar-refractivity contribution in [2.24, 2.45) is 0 Å². The zero-order chi connectivity index (χ0) is 47.1. The van der Waals surface area contributed by atoms with Crippen LogP contribution in [0.2, 0.25) is 5.31 Å². The van der Waals surface area contributed by atoms with Crippen molar-refractivity contribution >= 4 is 109 Å². The van der Waals surface area contributed by atoms with Crippen molar-refractivity contribution in [2.75, 3.05) is 14.7 Å². The van der Waals surface area contributed by atoms with Gasteiger partial charge in [-0.1, -0.05) is 140 Å². The van der Waals surface area contributed by atoms with Crippen molar-refractivity contribution in [1.82, 2.24) is 0 Å². The fraction of sp³-hybridized carbons (Fsp3) is 0.156. The van der Waals surface area contributed by atoms with E-state index >= 15 is 0 Å². The third-order valence-corrected chi connectivity index (χ3v) is 20.9. The molecule has 5 atom stereocenters. The van der Waals surface area contributed by atoms with Crippen molar-refractivity contribution in [3.8, 4) is 0 Å². The van der Waals surface area contributed by atoms with E-state index in [0.29, 0.717) is 0 Å². The Hall–Kier alpha value is -7.53. The summed E-state index contributed by atoms with van der Waals surface area (Å²) in [7, 11) is -1.02. The fourth-order valence-corrected chi connectivity index (χ4v) is 18.3. The van der Waals surface area contributed by atoms with Crippen molar-refractivity contribution in [3.63, 3.8) is 0 Å². The smallest absolute Gasteiger partial charge is 0.227 e. The highest BCUT2D eigenvalue weighted by molar-refractivity contribution is 7.75. The van der Waals surface area contributed by atoms with E-state index < -0.39 is 7.92 Å². The highest BCUT2D eigenvalue weighted by Gasteiger charge is 2.68. The monoisotopic (exact) mass is 933 g/mol. The van der Waals surface area contributed by atoms with Crippen LogP contribution >= 0.6 is 7.92 Å². The number of aryl methyl sites for hydroxylation is 2. The van der Waals surface area contributed by atoms with Gasteiger partial charge in [0.25, 0.3) is 0 Å². The van der Waals surface area contributed by atoms with Gasteiger partial charge in [-0.2, -0.15) is 0 Å². The molecule has 5 unspecified atom stereocenters. The molecule has 0 fully saturated rings. The number of hydrogen-bond acceptors (Lipinski definition) is 5. The summed E-state index contributed by atoms with van der Waals surface area (Å²) in [5.41, 5.74) is 20.7. The number of hydrogen-bond donors (Lipinski definition) is 0. The maximum absolute atomic E-state index is 7.47. The maximum atomic E-state index is 7.47. The predicted molar refractivity (Wildman–Crippen MR) is 297 cm³/mol. The van der Waals surface area contributed by atoms with Crippen LogP contribution in [-0.2, 0) is 11.8 Å². The largest absolute Gasteiger partial charge is 0.459 e. The molecular weight excluding hydrogens is 885 g/mol. The average Bonchev–Trinajstić information content (AvgIpc) is 4.05. The van der Waals surface area contributed by atoms with Crippen LogP contribution in [0.3, 0.4) is 0 Å². The Bertz CT molecular complexity index is 4040. The maximum Gasteiger partial charge on any atom is 0.227 e. The number of allylic oxidation sites excluding steroid dienone is 4. The molecule has 2 aromatic heterocycles. The number of fused-ring (bicyclic) bond motifs is 11. The highest BCUT2D eigenvalue weighted by Crippen LogP contribution is 2.72. The van der Waals surface area contributed by atoms with Gasteiger partial charge < -0.3 is 23.5 Å². The molecule has 2 aliphatic carbocycles. The topological polar surface area (TPSA) is 36.0 Å². The number of rotatable bonds is 4. The number of nitrogens with zero attached hydrogens (tertiary/aromatic N) is 3. The van der Waals surface area contributed by atoms with E-state index in [0.717, 1.165) is 41.0 Å². The lowest BCUT2D eigenvalue weighted by molar-refractivity contribution is 0.360. The zero-order valence-corrected chi connectivity index (χ0v) is 41.0. The number of furan rings is 2. The SMILES string of the molecule is Cc1ccccc1N1c2cc(N3C4=CC=CCC4(C)c4ccccc43)cc3c2B2c4c1cc1oc5ccccc5c1c4P(c1ccccc1)C1Cc4c(oc5ccccc45)C(N3c3ccccc3C)C21C. The van der Waals surface area contributed by atoms with Gasteiger partial charge in [-0.15, -0.1) is 0 Å². The first kappa shape index (κ1) is 40.2. The van der Waals surface area contributed by atoms with E-state index in [1.54, 1.807) is 0 Å². The average molecular weight is 934 g/mol. The third kappa shape index (κ3) is 5.01. The summed E-state index contributed by atoms with van der Waals surface area (Å²) in [6, 6.07) is 63.8. The Labute approximate surface area is 415 Å². The van der Waals surface area contributed by atoms with Crippen LogP contribution in [0.5, 0.6) is 0 Å². The molecule has 0 saturated heterocycles. The minimum absolute atomic E-state index is 0.0110. The highest BCUT2D eigenvalue weighted by atomic mass is 31.1. The van der Waals surface area contributed by atoms with Crippen LogP contribution < -0.4 is 36.2 Å². The normalized spacial score (nSPS) is 23.0. The van der Waals surface area contributed by atoms with Crippen LogP contribution in [0, 0.1) is 13.8 Å². The van der Waals surface area contributed by atoms with Crippen LogP contribution in [0.15, 0.2) is 203 Å². The molecule has 340 valence electrons. The summed E-state index contributed by atoms with van der Waals surface area (Å²) in [4.78, 5) is 8.00. The van der Waals surface area contributed by atoms with Gasteiger partial charge in [0, 0.05) is 78.7 Å². The van der Waals surface area contributed by atoms with Crippen LogP contribution in [0.25, 0.3) is 32.9 Å². The van der Waals surface area contributed by atoms with E-state index in [-0.39, 0.29) is 29.1 Å². The second-order valence-electron chi connectivity index (χ2n) is 21.2. The summed E-state index contributed by atoms with van der Waals surface area (Å²) in [6.07, 6.45) is 8.82. The molecule has 7 heteroatoms. The van der Waals surface area contributed by atoms with Gasteiger partial charge in [-0.05, 0) is 139 Å². The molecule has 0 spiro atoms. The molecule has 10 aromatic rings. The Morgan fingerprint density at radius 1 is 0.592 bits per heavy atom. The number of para-hydroxylation sites is 5. The van der Waals surface area contributed by atoms with E-state index in [4.69, 9.17) is 8.83 Å². The number of benzene rings is 8. The summed E-state index contributed by atoms with van der Waals surface area (Å²) in [6.45, 7) is 9.69. The summed E-state index contributed by atoms with van der Waals surface area (Å²) in [5.74, 6) is 1.11. The molecule has 71 heavy (non-hydrogen) atoms. The van der Waals surface area contributed by atoms with Crippen molar-refractivity contribution in [2.45, 2.75) is 63.0 Å². The Morgan fingerprint density at radius 2 is 1.24 bits per heavy atom. The van der Waals surface area contributed by atoms with Crippen molar-refractivity contribution in [1.29, 1.82) is 0 Å². The molecule has 0 bridgehead atoms. The third-order valence-electron chi connectivity index (χ3n) is 17.7. The van der Waals surface area contributed by atoms with Crippen LogP contribution in [-0.4, -0.2) is 12.4 Å². The van der Waals surface area contributed by atoms with Crippen molar-refractivity contribution < 1.29 is 8.83 Å². The van der Waals surface area contributed by atoms with Gasteiger partial charge in [0.1, 0.15) is 22.5 Å². The lowest BCUT2D eigenvalue weighted by atomic mass is 9.21. The number of anilines is 7. The Morgan fingerprint density at radius 3 is 2.03 bits per heavy atom. The lowest BCUT2D eigenvalue weighted by Gasteiger charge is -2.63. The molecule has 0 N–H and O–H groups in total. The van der Waals surface area contributed by atoms with Crippen LogP contribution in [0.1, 0.15) is 54.3 Å². The Kier molecular flexibility index (Phi) is 7.98. The molecule has 16 rings (SSSR count). The molecule has 6 aliphatic rings. The molecule has 4 aliphatic heterocycles. The standard InChI is InChI=1S/C64H49BN3O2P/c1-38-20-8-13-27-46(38)67-49-34-40(66-48-29-15-12-26-45(48)63(3)33-19-18-32-55(63)66)35-50-58(49)65-59-51(67)37-54-57(43-25-11-17-31-53(43)69-54)61(59)71(41-22-6-5-7-23-41)56-36-44-42-24-10-16-30-52(42)70-60(44)62(64(56,65)4)68(50)47-28-14-9-21-39(47)2/h5-32,34-35,37,56,62H,33,36H2,1-4H3. The minimum atomic E-state index is -1.02. The van der Waals surface area contributed by atoms with Gasteiger partial charge in [-0.3, -0.25) is 0 Å². The second-order valence-corrected chi connectivity index (χ2v) is 23.6. The van der Waals surface area contributed by atoms with E-state index in [9.17, 15) is 0 Å². The first-order valence-electron chi connectivity index (χ1n) is 25.3. The van der Waals surface area contributed by atoms with Gasteiger partial charge in [0.05, 0.1) is 6.04 Å². The molecule has 6 heterocycles. The predicted octanol–water partition coefficient (Wildman–Crippen LogP) is 14.6. The molecule has 0 amide bonds. The van der Waals surface area contributed by atoms with E-state index in [2.05, 4.69) is 230 Å². The minimum Gasteiger partial charge on any atom is -0.459 e. The van der Waals surface area contributed by atoms with Gasteiger partial charge in [0.2, 0.25) is 6.71 Å². The van der Waals surface area contributed by atoms with Gasteiger partial charge >= 0.3 is 0 Å².